The normalized spacial score (nSPS) is 13.5. The van der Waals surface area contributed by atoms with Gasteiger partial charge in [0, 0.05) is 10.8 Å². The molecule has 0 amide bonds. The van der Waals surface area contributed by atoms with Crippen LogP contribution in [0.5, 0.6) is 0 Å². The second-order valence-corrected chi connectivity index (χ2v) is 10.0. The molecule has 2 aliphatic carbocycles. The number of pyridine rings is 1. The van der Waals surface area contributed by atoms with E-state index in [4.69, 9.17) is 4.98 Å². The van der Waals surface area contributed by atoms with Gasteiger partial charge in [0.05, 0.1) is 16.6 Å². The van der Waals surface area contributed by atoms with E-state index < -0.39 is 0 Å². The van der Waals surface area contributed by atoms with Crippen LogP contribution >= 0.6 is 0 Å². The van der Waals surface area contributed by atoms with E-state index in [-0.39, 0.29) is 0 Å². The van der Waals surface area contributed by atoms with Gasteiger partial charge in [0.25, 0.3) is 0 Å². The highest BCUT2D eigenvalue weighted by molar-refractivity contribution is 6.15. The molecule has 0 bridgehead atoms. The fraction of sp³-hybridized carbons (Fsp3) is 0.0606. The number of hydrogen-bond donors (Lipinski definition) is 0. The lowest BCUT2D eigenvalue weighted by Crippen LogP contribution is -1.92. The van der Waals surface area contributed by atoms with Crippen molar-refractivity contribution in [3.63, 3.8) is 0 Å². The van der Waals surface area contributed by atoms with Crippen LogP contribution in [0, 0.1) is 0 Å². The van der Waals surface area contributed by atoms with Crippen LogP contribution < -0.4 is 0 Å². The van der Waals surface area contributed by atoms with Gasteiger partial charge in [-0.2, -0.15) is 0 Å². The number of para-hydroxylation sites is 3. The van der Waals surface area contributed by atoms with Crippen molar-refractivity contribution in [2.45, 2.75) is 12.8 Å². The minimum Gasteiger partial charge on any atom is -0.292 e. The highest BCUT2D eigenvalue weighted by Crippen LogP contribution is 2.46. The van der Waals surface area contributed by atoms with Crippen LogP contribution in [0.1, 0.15) is 22.3 Å². The van der Waals surface area contributed by atoms with Crippen molar-refractivity contribution in [1.82, 2.24) is 9.38 Å². The van der Waals surface area contributed by atoms with Crippen LogP contribution in [0.2, 0.25) is 0 Å². The number of nitrogens with zero attached hydrogens (tertiary/aromatic N) is 2. The summed E-state index contributed by atoms with van der Waals surface area (Å²) in [6.45, 7) is 0. The third-order valence-electron chi connectivity index (χ3n) is 8.17. The topological polar surface area (TPSA) is 17.3 Å². The molecule has 2 aromatic heterocycles. The van der Waals surface area contributed by atoms with Crippen LogP contribution in [0.25, 0.3) is 60.6 Å². The Morgan fingerprint density at radius 3 is 2.06 bits per heavy atom. The van der Waals surface area contributed by atoms with Crippen LogP contribution in [0.4, 0.5) is 0 Å². The van der Waals surface area contributed by atoms with Gasteiger partial charge in [-0.25, -0.2) is 4.98 Å². The summed E-state index contributed by atoms with van der Waals surface area (Å²) in [5.74, 6) is 0. The number of rotatable bonds is 0. The van der Waals surface area contributed by atoms with E-state index in [1.807, 2.05) is 0 Å². The Bertz CT molecular complexity index is 2060. The Labute approximate surface area is 202 Å². The minimum atomic E-state index is 0.992. The Kier molecular flexibility index (Phi) is 3.16. The van der Waals surface area contributed by atoms with Crippen LogP contribution in [-0.2, 0) is 12.8 Å². The predicted octanol–water partition coefficient (Wildman–Crippen LogP) is 7.94. The number of aromatic nitrogens is 2. The molecule has 7 aromatic rings. The first-order chi connectivity index (χ1) is 17.3. The van der Waals surface area contributed by atoms with Gasteiger partial charge in [-0.05, 0) is 105 Å². The fourth-order valence-electron chi connectivity index (χ4n) is 6.63. The zero-order valence-corrected chi connectivity index (χ0v) is 19.0. The molecule has 2 heteroatoms. The van der Waals surface area contributed by atoms with E-state index in [0.717, 1.165) is 29.5 Å². The average molecular weight is 445 g/mol. The van der Waals surface area contributed by atoms with Crippen LogP contribution in [-0.4, -0.2) is 9.38 Å². The molecule has 5 aromatic carbocycles. The zero-order valence-electron chi connectivity index (χ0n) is 19.0. The zero-order chi connectivity index (χ0) is 22.7. The van der Waals surface area contributed by atoms with Crippen molar-refractivity contribution >= 4 is 38.4 Å². The molecule has 2 heterocycles. The lowest BCUT2D eigenvalue weighted by Gasteiger charge is -2.11. The lowest BCUT2D eigenvalue weighted by atomic mass is 9.96. The summed E-state index contributed by atoms with van der Waals surface area (Å²) in [4.78, 5) is 5.12. The largest absolute Gasteiger partial charge is 0.292 e. The first-order valence-corrected chi connectivity index (χ1v) is 12.3. The Hall–Kier alpha value is -4.43. The lowest BCUT2D eigenvalue weighted by molar-refractivity contribution is 1.24. The van der Waals surface area contributed by atoms with E-state index in [2.05, 4.69) is 101 Å². The molecule has 162 valence electrons. The van der Waals surface area contributed by atoms with Crippen molar-refractivity contribution in [1.29, 1.82) is 0 Å². The molecule has 2 aliphatic rings. The standard InChI is InChI=1S/C33H20N2/c1-2-8-23-19(7-1)13-20-16-26-21(15-25(20)23)14-22-17-28-24-9-3-5-11-31(24)35-32-12-6-4-10-30(32)34-33(35)29(28)18-27(22)26/h1-12,15-18H,13-14H2. The molecule has 0 unspecified atom stereocenters. The summed E-state index contributed by atoms with van der Waals surface area (Å²) in [6, 6.07) is 35.9. The molecule has 2 nitrogen and oxygen atoms in total. The average Bonchev–Trinajstić information content (AvgIpc) is 3.57. The molecule has 0 aliphatic heterocycles. The number of hydrogen-bond acceptors (Lipinski definition) is 1. The number of benzene rings is 5. The SMILES string of the molecule is c1ccc2c(c1)Cc1cc3c(cc1-2)Cc1cc2c4ccccc4n4c5ccccc5nc4c2cc1-3. The number of fused-ring (bicyclic) bond motifs is 14. The third-order valence-corrected chi connectivity index (χ3v) is 8.17. The van der Waals surface area contributed by atoms with Gasteiger partial charge in [-0.1, -0.05) is 54.6 Å². The van der Waals surface area contributed by atoms with E-state index in [0.29, 0.717) is 0 Å². The highest BCUT2D eigenvalue weighted by Gasteiger charge is 2.26. The van der Waals surface area contributed by atoms with Crippen molar-refractivity contribution < 1.29 is 0 Å². The van der Waals surface area contributed by atoms with Crippen LogP contribution in [0.3, 0.4) is 0 Å². The Balaban J connectivity index is 1.37. The van der Waals surface area contributed by atoms with E-state index in [1.165, 1.54) is 66.2 Å². The van der Waals surface area contributed by atoms with Gasteiger partial charge in [-0.3, -0.25) is 4.40 Å². The highest BCUT2D eigenvalue weighted by atomic mass is 15.0. The van der Waals surface area contributed by atoms with E-state index >= 15 is 0 Å². The molecule has 0 spiro atoms. The molecular formula is C33H20N2. The van der Waals surface area contributed by atoms with Gasteiger partial charge >= 0.3 is 0 Å². The smallest absolute Gasteiger partial charge is 0.146 e. The molecule has 0 N–H and O–H groups in total. The summed E-state index contributed by atoms with van der Waals surface area (Å²) >= 11 is 0. The summed E-state index contributed by atoms with van der Waals surface area (Å²) in [5, 5.41) is 3.82. The number of imidazole rings is 1. The molecule has 0 atom stereocenters. The quantitative estimate of drug-likeness (QED) is 0.217. The molecule has 0 fully saturated rings. The van der Waals surface area contributed by atoms with Crippen molar-refractivity contribution in [2.75, 3.05) is 0 Å². The van der Waals surface area contributed by atoms with Crippen molar-refractivity contribution in [3.8, 4) is 22.3 Å². The first-order valence-electron chi connectivity index (χ1n) is 12.3. The summed E-state index contributed by atoms with van der Waals surface area (Å²) in [7, 11) is 0. The van der Waals surface area contributed by atoms with Gasteiger partial charge in [0.2, 0.25) is 0 Å². The molecule has 35 heavy (non-hydrogen) atoms. The maximum atomic E-state index is 5.12. The molecule has 0 saturated carbocycles. The predicted molar refractivity (Wildman–Crippen MR) is 144 cm³/mol. The third kappa shape index (κ3) is 2.22. The maximum Gasteiger partial charge on any atom is 0.146 e. The second-order valence-electron chi connectivity index (χ2n) is 10.0. The molecule has 9 rings (SSSR count). The summed E-state index contributed by atoms with van der Waals surface area (Å²) in [5.41, 5.74) is 15.8. The van der Waals surface area contributed by atoms with Crippen LogP contribution in [0.15, 0.2) is 97.1 Å². The molecule has 0 saturated heterocycles. The van der Waals surface area contributed by atoms with Gasteiger partial charge in [0.1, 0.15) is 5.65 Å². The fourth-order valence-corrected chi connectivity index (χ4v) is 6.63. The van der Waals surface area contributed by atoms with Gasteiger partial charge in [-0.15, -0.1) is 0 Å². The van der Waals surface area contributed by atoms with Crippen molar-refractivity contribution in [3.05, 3.63) is 119 Å². The van der Waals surface area contributed by atoms with Crippen molar-refractivity contribution in [2.24, 2.45) is 0 Å². The van der Waals surface area contributed by atoms with Gasteiger partial charge < -0.3 is 0 Å². The summed E-state index contributed by atoms with van der Waals surface area (Å²) in [6.07, 6.45) is 2.02. The van der Waals surface area contributed by atoms with E-state index in [9.17, 15) is 0 Å². The monoisotopic (exact) mass is 444 g/mol. The first kappa shape index (κ1) is 18.0. The van der Waals surface area contributed by atoms with Gasteiger partial charge in [0.15, 0.2) is 0 Å². The molecular weight excluding hydrogens is 424 g/mol. The van der Waals surface area contributed by atoms with E-state index in [1.54, 1.807) is 0 Å². The second kappa shape index (κ2) is 6.17. The maximum absolute atomic E-state index is 5.12. The molecule has 0 radical (unpaired) electrons. The Morgan fingerprint density at radius 2 is 1.14 bits per heavy atom. The minimum absolute atomic E-state index is 0.992. The Morgan fingerprint density at radius 1 is 0.486 bits per heavy atom. The summed E-state index contributed by atoms with van der Waals surface area (Å²) < 4.78 is 2.34.